The van der Waals surface area contributed by atoms with Gasteiger partial charge in [-0.25, -0.2) is 0 Å². The highest BCUT2D eigenvalue weighted by Crippen LogP contribution is 2.14. The van der Waals surface area contributed by atoms with Crippen LogP contribution in [0.3, 0.4) is 0 Å². The molecule has 0 fully saturated rings. The van der Waals surface area contributed by atoms with Crippen LogP contribution >= 0.6 is 0 Å². The van der Waals surface area contributed by atoms with Gasteiger partial charge in [0, 0.05) is 20.1 Å². The van der Waals surface area contributed by atoms with Crippen molar-refractivity contribution < 1.29 is 4.74 Å². The average molecular weight is 239 g/mol. The predicted molar refractivity (Wildman–Crippen MR) is 68.7 cm³/mol. The fraction of sp³-hybridized carbons (Fsp3) is 0.727. The first kappa shape index (κ1) is 13.5. The summed E-state index contributed by atoms with van der Waals surface area (Å²) in [7, 11) is 3.52. The van der Waals surface area contributed by atoms with Crippen LogP contribution in [0.5, 0.6) is 6.01 Å². The standard InChI is InChI=1S/C11H21N5O/c1-6-12-9-13-10(15-11(14-9)17-5)16(4)7-8(2)3/h8H,6-7H2,1-5H3,(H,12,13,14,15). The lowest BCUT2D eigenvalue weighted by atomic mass is 10.2. The molecule has 0 aliphatic rings. The van der Waals surface area contributed by atoms with E-state index < -0.39 is 0 Å². The quantitative estimate of drug-likeness (QED) is 0.809. The van der Waals surface area contributed by atoms with E-state index in [1.165, 1.54) is 0 Å². The second kappa shape index (κ2) is 6.22. The predicted octanol–water partition coefficient (Wildman–Crippen LogP) is 1.40. The molecule has 17 heavy (non-hydrogen) atoms. The van der Waals surface area contributed by atoms with E-state index in [1.54, 1.807) is 7.11 Å². The normalized spacial score (nSPS) is 10.5. The fourth-order valence-electron chi connectivity index (χ4n) is 1.47. The monoisotopic (exact) mass is 239 g/mol. The molecule has 1 N–H and O–H groups in total. The van der Waals surface area contributed by atoms with Gasteiger partial charge in [-0.1, -0.05) is 13.8 Å². The molecule has 0 saturated heterocycles. The Labute approximate surface area is 102 Å². The van der Waals surface area contributed by atoms with Crippen LogP contribution in [-0.4, -0.2) is 42.2 Å². The van der Waals surface area contributed by atoms with Gasteiger partial charge in [0.15, 0.2) is 0 Å². The molecule has 0 amide bonds. The van der Waals surface area contributed by atoms with Gasteiger partial charge in [0.2, 0.25) is 11.9 Å². The zero-order valence-corrected chi connectivity index (χ0v) is 11.2. The van der Waals surface area contributed by atoms with E-state index in [4.69, 9.17) is 4.74 Å². The number of aromatic nitrogens is 3. The lowest BCUT2D eigenvalue weighted by Crippen LogP contribution is -2.25. The van der Waals surface area contributed by atoms with E-state index in [-0.39, 0.29) is 0 Å². The first-order valence-corrected chi connectivity index (χ1v) is 5.81. The van der Waals surface area contributed by atoms with E-state index in [2.05, 4.69) is 34.1 Å². The number of ether oxygens (including phenoxy) is 1. The summed E-state index contributed by atoms with van der Waals surface area (Å²) in [6, 6.07) is 0.335. The highest BCUT2D eigenvalue weighted by Gasteiger charge is 2.11. The third kappa shape index (κ3) is 4.05. The second-order valence-corrected chi connectivity index (χ2v) is 4.25. The van der Waals surface area contributed by atoms with Crippen LogP contribution < -0.4 is 15.0 Å². The number of hydrogen-bond acceptors (Lipinski definition) is 6. The smallest absolute Gasteiger partial charge is 0.322 e. The number of methoxy groups -OCH3 is 1. The molecule has 0 unspecified atom stereocenters. The van der Waals surface area contributed by atoms with Crippen LogP contribution in [0.25, 0.3) is 0 Å². The van der Waals surface area contributed by atoms with E-state index in [1.807, 2.05) is 18.9 Å². The lowest BCUT2D eigenvalue weighted by molar-refractivity contribution is 0.378. The Hall–Kier alpha value is -1.59. The number of hydrogen-bond donors (Lipinski definition) is 1. The summed E-state index contributed by atoms with van der Waals surface area (Å²) in [4.78, 5) is 14.7. The lowest BCUT2D eigenvalue weighted by Gasteiger charge is -2.19. The van der Waals surface area contributed by atoms with Crippen molar-refractivity contribution in [2.75, 3.05) is 37.5 Å². The summed E-state index contributed by atoms with van der Waals surface area (Å²) < 4.78 is 5.07. The maximum Gasteiger partial charge on any atom is 0.322 e. The molecule has 0 aliphatic carbocycles. The topological polar surface area (TPSA) is 63.2 Å². The van der Waals surface area contributed by atoms with Gasteiger partial charge in [-0.3, -0.25) is 0 Å². The number of rotatable bonds is 6. The van der Waals surface area contributed by atoms with Gasteiger partial charge in [0.25, 0.3) is 0 Å². The summed E-state index contributed by atoms with van der Waals surface area (Å²) in [6.07, 6.45) is 0. The Bertz CT molecular complexity index is 356. The molecule has 1 rings (SSSR count). The van der Waals surface area contributed by atoms with Crippen LogP contribution in [-0.2, 0) is 0 Å². The van der Waals surface area contributed by atoms with Crippen LogP contribution in [0, 0.1) is 5.92 Å². The van der Waals surface area contributed by atoms with Crippen molar-refractivity contribution in [3.05, 3.63) is 0 Å². The first-order chi connectivity index (χ1) is 8.06. The molecular formula is C11H21N5O. The van der Waals surface area contributed by atoms with Gasteiger partial charge in [-0.15, -0.1) is 0 Å². The van der Waals surface area contributed by atoms with Gasteiger partial charge < -0.3 is 15.0 Å². The van der Waals surface area contributed by atoms with Gasteiger partial charge in [0.1, 0.15) is 0 Å². The van der Waals surface area contributed by atoms with Crippen LogP contribution in [0.1, 0.15) is 20.8 Å². The molecule has 1 aromatic rings. The molecule has 6 heteroatoms. The summed E-state index contributed by atoms with van der Waals surface area (Å²) in [6.45, 7) is 7.95. The summed E-state index contributed by atoms with van der Waals surface area (Å²) in [5.41, 5.74) is 0. The molecule has 0 atom stereocenters. The minimum atomic E-state index is 0.335. The minimum Gasteiger partial charge on any atom is -0.467 e. The third-order valence-electron chi connectivity index (χ3n) is 2.10. The fourth-order valence-corrected chi connectivity index (χ4v) is 1.47. The van der Waals surface area contributed by atoms with Gasteiger partial charge in [0.05, 0.1) is 7.11 Å². The van der Waals surface area contributed by atoms with Gasteiger partial charge >= 0.3 is 6.01 Å². The largest absolute Gasteiger partial charge is 0.467 e. The second-order valence-electron chi connectivity index (χ2n) is 4.25. The van der Waals surface area contributed by atoms with Crippen molar-refractivity contribution in [1.82, 2.24) is 15.0 Å². The van der Waals surface area contributed by atoms with Gasteiger partial charge in [-0.2, -0.15) is 15.0 Å². The Balaban J connectivity index is 2.93. The molecule has 96 valence electrons. The van der Waals surface area contributed by atoms with Crippen molar-refractivity contribution in [3.8, 4) is 6.01 Å². The van der Waals surface area contributed by atoms with Crippen LogP contribution in [0.15, 0.2) is 0 Å². The van der Waals surface area contributed by atoms with Crippen molar-refractivity contribution >= 4 is 11.9 Å². The molecule has 1 aromatic heterocycles. The Morgan fingerprint density at radius 3 is 2.53 bits per heavy atom. The molecule has 0 aromatic carbocycles. The van der Waals surface area contributed by atoms with Crippen LogP contribution in [0.4, 0.5) is 11.9 Å². The number of nitrogens with zero attached hydrogens (tertiary/aromatic N) is 4. The molecule has 0 saturated carbocycles. The first-order valence-electron chi connectivity index (χ1n) is 5.81. The molecule has 0 aliphatic heterocycles. The summed E-state index contributed by atoms with van der Waals surface area (Å²) in [5.74, 6) is 1.72. The van der Waals surface area contributed by atoms with E-state index in [0.29, 0.717) is 23.8 Å². The number of anilines is 2. The minimum absolute atomic E-state index is 0.335. The van der Waals surface area contributed by atoms with Crippen LogP contribution in [0.2, 0.25) is 0 Å². The number of nitrogens with one attached hydrogen (secondary N) is 1. The molecule has 0 bridgehead atoms. The van der Waals surface area contributed by atoms with E-state index >= 15 is 0 Å². The average Bonchev–Trinajstić information content (AvgIpc) is 2.28. The highest BCUT2D eigenvalue weighted by atomic mass is 16.5. The Kier molecular flexibility index (Phi) is 4.93. The summed E-state index contributed by atoms with van der Waals surface area (Å²) >= 11 is 0. The maximum atomic E-state index is 5.07. The molecular weight excluding hydrogens is 218 g/mol. The maximum absolute atomic E-state index is 5.07. The van der Waals surface area contributed by atoms with E-state index in [0.717, 1.165) is 13.1 Å². The molecule has 0 spiro atoms. The zero-order valence-electron chi connectivity index (χ0n) is 11.2. The molecule has 6 nitrogen and oxygen atoms in total. The highest BCUT2D eigenvalue weighted by molar-refractivity contribution is 5.37. The van der Waals surface area contributed by atoms with Gasteiger partial charge in [-0.05, 0) is 12.8 Å². The van der Waals surface area contributed by atoms with E-state index in [9.17, 15) is 0 Å². The van der Waals surface area contributed by atoms with Crippen molar-refractivity contribution in [1.29, 1.82) is 0 Å². The SMILES string of the molecule is CCNc1nc(OC)nc(N(C)CC(C)C)n1. The summed E-state index contributed by atoms with van der Waals surface area (Å²) in [5, 5.41) is 3.06. The van der Waals surface area contributed by atoms with Crippen molar-refractivity contribution in [2.24, 2.45) is 5.92 Å². The molecule has 1 heterocycles. The third-order valence-corrected chi connectivity index (χ3v) is 2.10. The van der Waals surface area contributed by atoms with Crippen molar-refractivity contribution in [3.63, 3.8) is 0 Å². The Morgan fingerprint density at radius 2 is 2.00 bits per heavy atom. The van der Waals surface area contributed by atoms with Crippen molar-refractivity contribution in [2.45, 2.75) is 20.8 Å². The molecule has 0 radical (unpaired) electrons. The Morgan fingerprint density at radius 1 is 1.29 bits per heavy atom. The zero-order chi connectivity index (χ0) is 12.8.